The van der Waals surface area contributed by atoms with Crippen LogP contribution in [0.5, 0.6) is 0 Å². The monoisotopic (exact) mass is 391 g/mol. The van der Waals surface area contributed by atoms with Crippen LogP contribution >= 0.6 is 11.6 Å². The Morgan fingerprint density at radius 2 is 1.93 bits per heavy atom. The molecule has 0 saturated carbocycles. The summed E-state index contributed by atoms with van der Waals surface area (Å²) in [7, 11) is 0. The summed E-state index contributed by atoms with van der Waals surface area (Å²) in [5.74, 6) is -0.0139. The Hall–Kier alpha value is -2.85. The summed E-state index contributed by atoms with van der Waals surface area (Å²) < 4.78 is 0. The first-order chi connectivity index (χ1) is 13.7. The van der Waals surface area contributed by atoms with Crippen LogP contribution < -0.4 is 5.32 Å². The van der Waals surface area contributed by atoms with E-state index in [2.05, 4.69) is 34.6 Å². The fraction of sp³-hybridized carbons (Fsp3) is 0.217. The molecule has 1 N–H and O–H groups in total. The predicted molar refractivity (Wildman–Crippen MR) is 113 cm³/mol. The molecule has 28 heavy (non-hydrogen) atoms. The van der Waals surface area contributed by atoms with Gasteiger partial charge in [-0.1, -0.05) is 48.0 Å². The number of nitrogens with zero attached hydrogens (tertiary/aromatic N) is 2. The zero-order chi connectivity index (χ0) is 19.3. The molecule has 5 heteroatoms. The molecule has 0 radical (unpaired) electrons. The molecule has 0 spiro atoms. The molecule has 4 nitrogen and oxygen atoms in total. The minimum absolute atomic E-state index is 0.0139. The molecule has 0 bridgehead atoms. The van der Waals surface area contributed by atoms with Gasteiger partial charge in [-0.2, -0.15) is 0 Å². The van der Waals surface area contributed by atoms with Crippen LogP contribution in [0.3, 0.4) is 0 Å². The number of amides is 1. The van der Waals surface area contributed by atoms with Gasteiger partial charge in [0.05, 0.1) is 11.9 Å². The number of fused-ring (bicyclic) bond motifs is 1. The first kappa shape index (κ1) is 18.5. The molecular weight excluding hydrogens is 370 g/mol. The third-order valence-corrected chi connectivity index (χ3v) is 5.27. The van der Waals surface area contributed by atoms with Crippen LogP contribution in [0.1, 0.15) is 27.2 Å². The molecule has 3 aromatic rings. The average Bonchev–Trinajstić information content (AvgIpc) is 2.73. The van der Waals surface area contributed by atoms with Gasteiger partial charge in [0.25, 0.3) is 5.91 Å². The number of aromatic nitrogens is 1. The van der Waals surface area contributed by atoms with Crippen molar-refractivity contribution in [2.24, 2.45) is 0 Å². The summed E-state index contributed by atoms with van der Waals surface area (Å²) in [6, 6.07) is 19.9. The van der Waals surface area contributed by atoms with Gasteiger partial charge in [-0.05, 0) is 53.8 Å². The zero-order valence-electron chi connectivity index (χ0n) is 15.6. The second-order valence-corrected chi connectivity index (χ2v) is 7.42. The Labute approximate surface area is 170 Å². The second-order valence-electron chi connectivity index (χ2n) is 6.98. The van der Waals surface area contributed by atoms with Crippen molar-refractivity contribution < 1.29 is 4.79 Å². The maximum absolute atomic E-state index is 12.8. The lowest BCUT2D eigenvalue weighted by atomic mass is 10.00. The highest BCUT2D eigenvalue weighted by Crippen LogP contribution is 2.20. The van der Waals surface area contributed by atoms with E-state index in [9.17, 15) is 4.79 Å². The van der Waals surface area contributed by atoms with Crippen LogP contribution in [0.25, 0.3) is 0 Å². The van der Waals surface area contributed by atoms with Crippen molar-refractivity contribution in [3.8, 4) is 0 Å². The largest absolute Gasteiger partial charge is 0.383 e. The SMILES string of the molecule is O=C(c1ccc(NCCc2cccc(Cl)c2)cn1)N1CCc2ccccc2C1. The Balaban J connectivity index is 1.33. The summed E-state index contributed by atoms with van der Waals surface area (Å²) in [4.78, 5) is 19.0. The number of pyridine rings is 1. The molecule has 2 heterocycles. The second kappa shape index (κ2) is 8.44. The topological polar surface area (TPSA) is 45.2 Å². The van der Waals surface area contributed by atoms with Crippen molar-refractivity contribution >= 4 is 23.2 Å². The molecular formula is C23H22ClN3O. The maximum atomic E-state index is 12.8. The summed E-state index contributed by atoms with van der Waals surface area (Å²) in [5.41, 5.74) is 5.13. The van der Waals surface area contributed by atoms with Crippen LogP contribution in [-0.4, -0.2) is 28.9 Å². The smallest absolute Gasteiger partial charge is 0.272 e. The number of halogens is 1. The third-order valence-electron chi connectivity index (χ3n) is 5.03. The zero-order valence-corrected chi connectivity index (χ0v) is 16.3. The molecule has 0 unspecified atom stereocenters. The van der Waals surface area contributed by atoms with Crippen molar-refractivity contribution in [3.05, 3.63) is 94.3 Å². The number of nitrogens with one attached hydrogen (secondary N) is 1. The Morgan fingerprint density at radius 1 is 1.07 bits per heavy atom. The molecule has 1 amide bonds. The van der Waals surface area contributed by atoms with Crippen LogP contribution in [0, 0.1) is 0 Å². The molecule has 0 atom stereocenters. The number of carbonyl (C=O) groups is 1. The predicted octanol–water partition coefficient (Wildman–Crippen LogP) is 4.59. The van der Waals surface area contributed by atoms with Gasteiger partial charge in [0.2, 0.25) is 0 Å². The standard InChI is InChI=1S/C23H22ClN3O/c24-20-7-3-4-17(14-20)10-12-25-21-8-9-22(26-15-21)23(28)27-13-11-18-5-1-2-6-19(18)16-27/h1-9,14-15,25H,10-13,16H2. The van der Waals surface area contributed by atoms with E-state index in [1.807, 2.05) is 35.2 Å². The van der Waals surface area contributed by atoms with Gasteiger partial charge < -0.3 is 10.2 Å². The van der Waals surface area contributed by atoms with Gasteiger partial charge in [-0.25, -0.2) is 4.98 Å². The van der Waals surface area contributed by atoms with Crippen LogP contribution in [-0.2, 0) is 19.4 Å². The van der Waals surface area contributed by atoms with Gasteiger partial charge in [0.1, 0.15) is 5.69 Å². The van der Waals surface area contributed by atoms with E-state index in [1.165, 1.54) is 16.7 Å². The summed E-state index contributed by atoms with van der Waals surface area (Å²) >= 11 is 6.01. The molecule has 0 aliphatic carbocycles. The quantitative estimate of drug-likeness (QED) is 0.692. The highest BCUT2D eigenvalue weighted by molar-refractivity contribution is 6.30. The lowest BCUT2D eigenvalue weighted by molar-refractivity contribution is 0.0729. The molecule has 0 fully saturated rings. The normalized spacial score (nSPS) is 13.1. The van der Waals surface area contributed by atoms with E-state index in [4.69, 9.17) is 11.6 Å². The minimum atomic E-state index is -0.0139. The fourth-order valence-corrected chi connectivity index (χ4v) is 3.71. The molecule has 4 rings (SSSR count). The first-order valence-electron chi connectivity index (χ1n) is 9.49. The molecule has 1 aromatic heterocycles. The van der Waals surface area contributed by atoms with Gasteiger partial charge in [0, 0.05) is 24.7 Å². The highest BCUT2D eigenvalue weighted by atomic mass is 35.5. The van der Waals surface area contributed by atoms with Gasteiger partial charge >= 0.3 is 0 Å². The highest BCUT2D eigenvalue weighted by Gasteiger charge is 2.22. The number of hydrogen-bond acceptors (Lipinski definition) is 3. The Morgan fingerprint density at radius 3 is 2.71 bits per heavy atom. The van der Waals surface area contributed by atoms with Crippen molar-refractivity contribution in [2.75, 3.05) is 18.4 Å². The lowest BCUT2D eigenvalue weighted by Crippen LogP contribution is -2.36. The molecule has 0 saturated heterocycles. The maximum Gasteiger partial charge on any atom is 0.272 e. The van der Waals surface area contributed by atoms with Crippen molar-refractivity contribution in [3.63, 3.8) is 0 Å². The number of carbonyl (C=O) groups excluding carboxylic acids is 1. The molecule has 1 aliphatic rings. The first-order valence-corrected chi connectivity index (χ1v) is 9.87. The summed E-state index contributed by atoms with van der Waals surface area (Å²) in [6.07, 6.45) is 3.49. The van der Waals surface area contributed by atoms with E-state index in [-0.39, 0.29) is 5.91 Å². The van der Waals surface area contributed by atoms with E-state index < -0.39 is 0 Å². The van der Waals surface area contributed by atoms with Gasteiger partial charge in [-0.3, -0.25) is 4.79 Å². The van der Waals surface area contributed by atoms with Gasteiger partial charge in [-0.15, -0.1) is 0 Å². The van der Waals surface area contributed by atoms with Crippen LogP contribution in [0.4, 0.5) is 5.69 Å². The third kappa shape index (κ3) is 4.34. The van der Waals surface area contributed by atoms with Crippen molar-refractivity contribution in [2.45, 2.75) is 19.4 Å². The lowest BCUT2D eigenvalue weighted by Gasteiger charge is -2.28. The molecule has 1 aliphatic heterocycles. The van der Waals surface area contributed by atoms with Crippen LogP contribution in [0.15, 0.2) is 66.9 Å². The number of hydrogen-bond donors (Lipinski definition) is 1. The summed E-state index contributed by atoms with van der Waals surface area (Å²) in [5, 5.41) is 4.09. The van der Waals surface area contributed by atoms with Gasteiger partial charge in [0.15, 0.2) is 0 Å². The fourth-order valence-electron chi connectivity index (χ4n) is 3.50. The minimum Gasteiger partial charge on any atom is -0.383 e. The number of anilines is 1. The molecule has 2 aromatic carbocycles. The number of benzene rings is 2. The van der Waals surface area contributed by atoms with Crippen molar-refractivity contribution in [1.29, 1.82) is 0 Å². The van der Waals surface area contributed by atoms with Crippen molar-refractivity contribution in [1.82, 2.24) is 9.88 Å². The Bertz CT molecular complexity index is 972. The summed E-state index contributed by atoms with van der Waals surface area (Å²) in [6.45, 7) is 2.16. The average molecular weight is 392 g/mol. The van der Waals surface area contributed by atoms with E-state index in [0.717, 1.165) is 36.6 Å². The van der Waals surface area contributed by atoms with E-state index >= 15 is 0 Å². The van der Waals surface area contributed by atoms with E-state index in [1.54, 1.807) is 12.3 Å². The van der Waals surface area contributed by atoms with E-state index in [0.29, 0.717) is 12.2 Å². The van der Waals surface area contributed by atoms with Crippen LogP contribution in [0.2, 0.25) is 5.02 Å². The Kier molecular flexibility index (Phi) is 5.58. The number of rotatable bonds is 5. The molecule has 142 valence electrons.